The van der Waals surface area contributed by atoms with Crippen molar-refractivity contribution < 1.29 is 0 Å². The topological polar surface area (TPSA) is 12.0 Å². The van der Waals surface area contributed by atoms with Gasteiger partial charge in [-0.3, -0.25) is 0 Å². The minimum atomic E-state index is 0.437. The zero-order valence-corrected chi connectivity index (χ0v) is 10.2. The van der Waals surface area contributed by atoms with Crippen LogP contribution >= 0.6 is 11.6 Å². The standard InChI is InChI=1S/C15H14ClN/c16-12-6-8-13(9-7-12)17-15-10-5-11-3-1-2-4-14(11)15/h1-4,6-9,15,17H,5,10H2. The predicted octanol–water partition coefficient (Wildman–Crippen LogP) is 4.44. The van der Waals surface area contributed by atoms with E-state index >= 15 is 0 Å². The number of aryl methyl sites for hydroxylation is 1. The van der Waals surface area contributed by atoms with Gasteiger partial charge in [-0.25, -0.2) is 0 Å². The van der Waals surface area contributed by atoms with Gasteiger partial charge in [0.2, 0.25) is 0 Å². The molecule has 1 nitrogen and oxygen atoms in total. The van der Waals surface area contributed by atoms with Gasteiger partial charge in [-0.15, -0.1) is 0 Å². The average Bonchev–Trinajstić information content (AvgIpc) is 2.76. The Labute approximate surface area is 106 Å². The molecule has 0 amide bonds. The van der Waals surface area contributed by atoms with Crippen molar-refractivity contribution in [1.82, 2.24) is 0 Å². The molecule has 0 spiro atoms. The zero-order chi connectivity index (χ0) is 11.7. The lowest BCUT2D eigenvalue weighted by Crippen LogP contribution is -2.06. The highest BCUT2D eigenvalue weighted by Crippen LogP contribution is 2.33. The largest absolute Gasteiger partial charge is 0.378 e. The van der Waals surface area contributed by atoms with Crippen LogP contribution in [0.3, 0.4) is 0 Å². The van der Waals surface area contributed by atoms with Crippen molar-refractivity contribution in [2.24, 2.45) is 0 Å². The molecule has 0 saturated heterocycles. The van der Waals surface area contributed by atoms with Gasteiger partial charge in [-0.1, -0.05) is 35.9 Å². The summed E-state index contributed by atoms with van der Waals surface area (Å²) in [6.07, 6.45) is 2.34. The second-order valence-corrected chi connectivity index (χ2v) is 4.88. The first-order valence-corrected chi connectivity index (χ1v) is 6.30. The molecule has 2 heteroatoms. The molecule has 0 saturated carbocycles. The highest BCUT2D eigenvalue weighted by Gasteiger charge is 2.21. The van der Waals surface area contributed by atoms with Gasteiger partial charge in [0.1, 0.15) is 0 Å². The number of hydrogen-bond acceptors (Lipinski definition) is 1. The molecule has 2 aromatic rings. The molecule has 0 aliphatic heterocycles. The molecule has 2 aromatic carbocycles. The van der Waals surface area contributed by atoms with Crippen molar-refractivity contribution in [3.8, 4) is 0 Å². The molecule has 0 radical (unpaired) electrons. The lowest BCUT2D eigenvalue weighted by molar-refractivity contribution is 0.762. The molecule has 1 N–H and O–H groups in total. The Morgan fingerprint density at radius 3 is 2.59 bits per heavy atom. The van der Waals surface area contributed by atoms with Crippen LogP contribution in [0.25, 0.3) is 0 Å². The molecule has 17 heavy (non-hydrogen) atoms. The van der Waals surface area contributed by atoms with Gasteiger partial charge in [-0.2, -0.15) is 0 Å². The fourth-order valence-corrected chi connectivity index (χ4v) is 2.58. The number of rotatable bonds is 2. The first-order chi connectivity index (χ1) is 8.33. The average molecular weight is 244 g/mol. The Bertz CT molecular complexity index is 519. The third-order valence-electron chi connectivity index (χ3n) is 3.32. The van der Waals surface area contributed by atoms with Crippen molar-refractivity contribution in [1.29, 1.82) is 0 Å². The van der Waals surface area contributed by atoms with E-state index in [0.717, 1.165) is 10.7 Å². The Kier molecular flexibility index (Phi) is 2.77. The minimum absolute atomic E-state index is 0.437. The van der Waals surface area contributed by atoms with Crippen LogP contribution in [-0.4, -0.2) is 0 Å². The molecule has 3 rings (SSSR count). The van der Waals surface area contributed by atoms with Crippen molar-refractivity contribution in [2.45, 2.75) is 18.9 Å². The summed E-state index contributed by atoms with van der Waals surface area (Å²) in [6.45, 7) is 0. The summed E-state index contributed by atoms with van der Waals surface area (Å²) >= 11 is 5.88. The summed E-state index contributed by atoms with van der Waals surface area (Å²) in [5.74, 6) is 0. The maximum Gasteiger partial charge on any atom is 0.0519 e. The van der Waals surface area contributed by atoms with Gasteiger partial charge in [0.15, 0.2) is 0 Å². The number of benzene rings is 2. The van der Waals surface area contributed by atoms with Crippen LogP contribution in [-0.2, 0) is 6.42 Å². The lowest BCUT2D eigenvalue weighted by atomic mass is 10.1. The zero-order valence-electron chi connectivity index (χ0n) is 9.49. The van der Waals surface area contributed by atoms with Crippen LogP contribution in [0.15, 0.2) is 48.5 Å². The van der Waals surface area contributed by atoms with Crippen molar-refractivity contribution in [2.75, 3.05) is 5.32 Å². The first kappa shape index (κ1) is 10.7. The first-order valence-electron chi connectivity index (χ1n) is 5.93. The smallest absolute Gasteiger partial charge is 0.0519 e. The Morgan fingerprint density at radius 1 is 1.00 bits per heavy atom. The molecule has 1 atom stereocenters. The van der Waals surface area contributed by atoms with Crippen LogP contribution in [0, 0.1) is 0 Å². The van der Waals surface area contributed by atoms with Crippen LogP contribution in [0.2, 0.25) is 5.02 Å². The third kappa shape index (κ3) is 2.16. The van der Waals surface area contributed by atoms with Gasteiger partial charge in [-0.05, 0) is 48.2 Å². The van der Waals surface area contributed by atoms with Gasteiger partial charge in [0.25, 0.3) is 0 Å². The fraction of sp³-hybridized carbons (Fsp3) is 0.200. The molecular formula is C15H14ClN. The van der Waals surface area contributed by atoms with E-state index in [9.17, 15) is 0 Å². The van der Waals surface area contributed by atoms with Crippen molar-refractivity contribution >= 4 is 17.3 Å². The number of halogens is 1. The van der Waals surface area contributed by atoms with Crippen molar-refractivity contribution in [3.63, 3.8) is 0 Å². The predicted molar refractivity (Wildman–Crippen MR) is 72.6 cm³/mol. The molecule has 0 aromatic heterocycles. The third-order valence-corrected chi connectivity index (χ3v) is 3.57. The molecule has 1 unspecified atom stereocenters. The Balaban J connectivity index is 1.81. The van der Waals surface area contributed by atoms with Crippen LogP contribution < -0.4 is 5.32 Å². The Morgan fingerprint density at radius 2 is 1.76 bits per heavy atom. The van der Waals surface area contributed by atoms with E-state index in [-0.39, 0.29) is 0 Å². The van der Waals surface area contributed by atoms with E-state index < -0.39 is 0 Å². The fourth-order valence-electron chi connectivity index (χ4n) is 2.45. The molecule has 0 fully saturated rings. The SMILES string of the molecule is Clc1ccc(NC2CCc3ccccc32)cc1. The number of nitrogens with one attached hydrogen (secondary N) is 1. The Hall–Kier alpha value is -1.47. The van der Waals surface area contributed by atoms with Crippen LogP contribution in [0.5, 0.6) is 0 Å². The summed E-state index contributed by atoms with van der Waals surface area (Å²) < 4.78 is 0. The number of hydrogen-bond donors (Lipinski definition) is 1. The van der Waals surface area contributed by atoms with Gasteiger partial charge >= 0.3 is 0 Å². The quantitative estimate of drug-likeness (QED) is 0.822. The van der Waals surface area contributed by atoms with E-state index in [1.54, 1.807) is 0 Å². The monoisotopic (exact) mass is 243 g/mol. The normalized spacial score (nSPS) is 17.8. The highest BCUT2D eigenvalue weighted by molar-refractivity contribution is 6.30. The summed E-state index contributed by atoms with van der Waals surface area (Å²) in [4.78, 5) is 0. The molecule has 0 heterocycles. The molecule has 1 aliphatic carbocycles. The van der Waals surface area contributed by atoms with E-state index in [2.05, 4.69) is 29.6 Å². The van der Waals surface area contributed by atoms with E-state index in [4.69, 9.17) is 11.6 Å². The molecule has 86 valence electrons. The van der Waals surface area contributed by atoms with Crippen molar-refractivity contribution in [3.05, 3.63) is 64.7 Å². The number of anilines is 1. The van der Waals surface area contributed by atoms with Crippen LogP contribution in [0.4, 0.5) is 5.69 Å². The van der Waals surface area contributed by atoms with Crippen LogP contribution in [0.1, 0.15) is 23.6 Å². The van der Waals surface area contributed by atoms with E-state index in [1.807, 2.05) is 24.3 Å². The molecular weight excluding hydrogens is 230 g/mol. The molecule has 1 aliphatic rings. The highest BCUT2D eigenvalue weighted by atomic mass is 35.5. The minimum Gasteiger partial charge on any atom is -0.378 e. The second-order valence-electron chi connectivity index (χ2n) is 4.44. The second kappa shape index (κ2) is 4.42. The maximum absolute atomic E-state index is 5.88. The molecule has 0 bridgehead atoms. The summed E-state index contributed by atoms with van der Waals surface area (Å²) in [5.41, 5.74) is 4.04. The van der Waals surface area contributed by atoms with Gasteiger partial charge in [0, 0.05) is 10.7 Å². The summed E-state index contributed by atoms with van der Waals surface area (Å²) in [6, 6.07) is 17.0. The summed E-state index contributed by atoms with van der Waals surface area (Å²) in [5, 5.41) is 4.35. The van der Waals surface area contributed by atoms with Gasteiger partial charge < -0.3 is 5.32 Å². The van der Waals surface area contributed by atoms with Gasteiger partial charge in [0.05, 0.1) is 6.04 Å². The maximum atomic E-state index is 5.88. The van der Waals surface area contributed by atoms with E-state index in [0.29, 0.717) is 6.04 Å². The van der Waals surface area contributed by atoms with E-state index in [1.165, 1.54) is 24.0 Å². The number of fused-ring (bicyclic) bond motifs is 1. The lowest BCUT2D eigenvalue weighted by Gasteiger charge is -2.15. The summed E-state index contributed by atoms with van der Waals surface area (Å²) in [7, 11) is 0.